The summed E-state index contributed by atoms with van der Waals surface area (Å²) in [6.07, 6.45) is 7.12. The average molecular weight is 313 g/mol. The highest BCUT2D eigenvalue weighted by Crippen LogP contribution is 2.32. The lowest BCUT2D eigenvalue weighted by Gasteiger charge is -2.27. The van der Waals surface area contributed by atoms with Crippen LogP contribution in [0.5, 0.6) is 0 Å². The van der Waals surface area contributed by atoms with E-state index in [-0.39, 0.29) is 17.5 Å². The van der Waals surface area contributed by atoms with Crippen molar-refractivity contribution in [2.75, 3.05) is 5.32 Å². The van der Waals surface area contributed by atoms with Crippen molar-refractivity contribution < 1.29 is 18.0 Å². The zero-order valence-corrected chi connectivity index (χ0v) is 12.8. The minimum atomic E-state index is -1.55. The second kappa shape index (κ2) is 7.65. The Morgan fingerprint density at radius 2 is 1.82 bits per heavy atom. The van der Waals surface area contributed by atoms with Crippen molar-refractivity contribution in [2.45, 2.75) is 51.9 Å². The van der Waals surface area contributed by atoms with Crippen molar-refractivity contribution in [2.24, 2.45) is 11.8 Å². The van der Waals surface area contributed by atoms with Gasteiger partial charge in [-0.3, -0.25) is 4.79 Å². The molecule has 0 aromatic heterocycles. The van der Waals surface area contributed by atoms with Gasteiger partial charge in [-0.05, 0) is 43.7 Å². The number of unbranched alkanes of at least 4 members (excludes halogenated alkanes) is 1. The summed E-state index contributed by atoms with van der Waals surface area (Å²) >= 11 is 0. The molecule has 0 unspecified atom stereocenters. The van der Waals surface area contributed by atoms with E-state index in [2.05, 4.69) is 12.2 Å². The van der Waals surface area contributed by atoms with E-state index in [1.807, 2.05) is 0 Å². The van der Waals surface area contributed by atoms with Crippen molar-refractivity contribution in [3.63, 3.8) is 0 Å². The molecule has 0 spiro atoms. The number of amides is 1. The molecule has 1 aromatic rings. The van der Waals surface area contributed by atoms with Gasteiger partial charge < -0.3 is 5.32 Å². The lowest BCUT2D eigenvalue weighted by molar-refractivity contribution is -0.121. The predicted octanol–water partition coefficient (Wildman–Crippen LogP) is 5.04. The predicted molar refractivity (Wildman–Crippen MR) is 79.9 cm³/mol. The van der Waals surface area contributed by atoms with Crippen LogP contribution >= 0.6 is 0 Å². The van der Waals surface area contributed by atoms with Crippen molar-refractivity contribution in [3.05, 3.63) is 29.6 Å². The van der Waals surface area contributed by atoms with Crippen molar-refractivity contribution >= 4 is 11.6 Å². The molecule has 1 N–H and O–H groups in total. The molecule has 1 aromatic carbocycles. The zero-order chi connectivity index (χ0) is 16.1. The maximum Gasteiger partial charge on any atom is 0.227 e. The fourth-order valence-electron chi connectivity index (χ4n) is 3.06. The normalized spacial score (nSPS) is 21.6. The van der Waals surface area contributed by atoms with E-state index < -0.39 is 17.5 Å². The number of halogens is 3. The second-order valence-corrected chi connectivity index (χ2v) is 6.07. The summed E-state index contributed by atoms with van der Waals surface area (Å²) in [5, 5.41) is 2.39. The molecule has 1 fully saturated rings. The van der Waals surface area contributed by atoms with Crippen molar-refractivity contribution in [3.8, 4) is 0 Å². The topological polar surface area (TPSA) is 29.1 Å². The summed E-state index contributed by atoms with van der Waals surface area (Å²) < 4.78 is 39.6. The van der Waals surface area contributed by atoms with E-state index in [1.165, 1.54) is 19.3 Å². The van der Waals surface area contributed by atoms with E-state index in [0.717, 1.165) is 37.8 Å². The third-order valence-corrected chi connectivity index (χ3v) is 4.48. The fourth-order valence-corrected chi connectivity index (χ4v) is 3.06. The molecule has 0 radical (unpaired) electrons. The van der Waals surface area contributed by atoms with E-state index in [4.69, 9.17) is 0 Å². The minimum Gasteiger partial charge on any atom is -0.323 e. The molecule has 1 amide bonds. The molecule has 0 heterocycles. The molecule has 122 valence electrons. The van der Waals surface area contributed by atoms with Gasteiger partial charge in [0.2, 0.25) is 5.91 Å². The Kier molecular flexibility index (Phi) is 5.86. The SMILES string of the molecule is CCCCC1CCC(C(=O)Nc2ccc(F)c(F)c2F)CC1. The van der Waals surface area contributed by atoms with Crippen LogP contribution < -0.4 is 5.32 Å². The highest BCUT2D eigenvalue weighted by atomic mass is 19.2. The molecular formula is C17H22F3NO. The first-order valence-corrected chi connectivity index (χ1v) is 7.97. The third kappa shape index (κ3) is 4.02. The van der Waals surface area contributed by atoms with Gasteiger partial charge in [0.1, 0.15) is 0 Å². The van der Waals surface area contributed by atoms with Crippen LogP contribution in [0.3, 0.4) is 0 Å². The van der Waals surface area contributed by atoms with Crippen LogP contribution in [0, 0.1) is 29.3 Å². The molecule has 0 atom stereocenters. The lowest BCUT2D eigenvalue weighted by atomic mass is 9.79. The first kappa shape index (κ1) is 16.8. The molecule has 0 aliphatic heterocycles. The first-order chi connectivity index (χ1) is 10.5. The number of benzene rings is 1. The molecule has 1 aliphatic rings. The Morgan fingerprint density at radius 1 is 1.14 bits per heavy atom. The van der Waals surface area contributed by atoms with E-state index in [9.17, 15) is 18.0 Å². The largest absolute Gasteiger partial charge is 0.323 e. The van der Waals surface area contributed by atoms with E-state index in [0.29, 0.717) is 5.92 Å². The molecular weight excluding hydrogens is 291 g/mol. The maximum atomic E-state index is 13.6. The second-order valence-electron chi connectivity index (χ2n) is 6.07. The van der Waals surface area contributed by atoms with Crippen LogP contribution in [0.15, 0.2) is 12.1 Å². The van der Waals surface area contributed by atoms with Crippen LogP contribution in [-0.2, 0) is 4.79 Å². The van der Waals surface area contributed by atoms with Gasteiger partial charge in [0, 0.05) is 5.92 Å². The van der Waals surface area contributed by atoms with E-state index >= 15 is 0 Å². The summed E-state index contributed by atoms with van der Waals surface area (Å²) in [6.45, 7) is 2.16. The first-order valence-electron chi connectivity index (χ1n) is 7.97. The average Bonchev–Trinajstić information content (AvgIpc) is 2.54. The van der Waals surface area contributed by atoms with Gasteiger partial charge in [-0.1, -0.05) is 26.2 Å². The quantitative estimate of drug-likeness (QED) is 0.758. The number of hydrogen-bond donors (Lipinski definition) is 1. The molecule has 1 saturated carbocycles. The van der Waals surface area contributed by atoms with Crippen LogP contribution in [0.4, 0.5) is 18.9 Å². The minimum absolute atomic E-state index is 0.176. The summed E-state index contributed by atoms with van der Waals surface area (Å²) in [7, 11) is 0. The molecule has 2 rings (SSSR count). The highest BCUT2D eigenvalue weighted by Gasteiger charge is 2.27. The smallest absolute Gasteiger partial charge is 0.227 e. The Balaban J connectivity index is 1.90. The van der Waals surface area contributed by atoms with Crippen LogP contribution in [0.1, 0.15) is 51.9 Å². The van der Waals surface area contributed by atoms with Crippen LogP contribution in [0.25, 0.3) is 0 Å². The zero-order valence-electron chi connectivity index (χ0n) is 12.8. The number of nitrogens with one attached hydrogen (secondary N) is 1. The van der Waals surface area contributed by atoms with Crippen LogP contribution in [-0.4, -0.2) is 5.91 Å². The number of rotatable bonds is 5. The lowest BCUT2D eigenvalue weighted by Crippen LogP contribution is -2.27. The standard InChI is InChI=1S/C17H22F3NO/c1-2-3-4-11-5-7-12(8-6-11)17(22)21-14-10-9-13(18)15(19)16(14)20/h9-12H,2-8H2,1H3,(H,21,22). The van der Waals surface area contributed by atoms with Gasteiger partial charge in [0.15, 0.2) is 17.5 Å². The number of anilines is 1. The molecule has 22 heavy (non-hydrogen) atoms. The Morgan fingerprint density at radius 3 is 2.45 bits per heavy atom. The van der Waals surface area contributed by atoms with E-state index in [1.54, 1.807) is 0 Å². The molecule has 0 saturated heterocycles. The van der Waals surface area contributed by atoms with Crippen molar-refractivity contribution in [1.29, 1.82) is 0 Å². The van der Waals surface area contributed by atoms with Gasteiger partial charge in [-0.2, -0.15) is 0 Å². The number of carbonyl (C=O) groups excluding carboxylic acids is 1. The third-order valence-electron chi connectivity index (χ3n) is 4.48. The molecule has 0 bridgehead atoms. The molecule has 2 nitrogen and oxygen atoms in total. The highest BCUT2D eigenvalue weighted by molar-refractivity contribution is 5.92. The van der Waals surface area contributed by atoms with Crippen molar-refractivity contribution in [1.82, 2.24) is 0 Å². The summed E-state index contributed by atoms with van der Waals surface area (Å²) in [4.78, 5) is 12.1. The van der Waals surface area contributed by atoms with Crippen LogP contribution in [0.2, 0.25) is 0 Å². The Labute approximate surface area is 129 Å². The monoisotopic (exact) mass is 313 g/mol. The van der Waals surface area contributed by atoms with Gasteiger partial charge in [0.05, 0.1) is 5.69 Å². The van der Waals surface area contributed by atoms with Gasteiger partial charge >= 0.3 is 0 Å². The molecule has 1 aliphatic carbocycles. The fraction of sp³-hybridized carbons (Fsp3) is 0.588. The van der Waals surface area contributed by atoms with Gasteiger partial charge in [-0.15, -0.1) is 0 Å². The summed E-state index contributed by atoms with van der Waals surface area (Å²) in [6, 6.07) is 1.87. The Bertz CT molecular complexity index is 525. The number of hydrogen-bond acceptors (Lipinski definition) is 1. The molecule has 5 heteroatoms. The van der Waals surface area contributed by atoms with Gasteiger partial charge in [-0.25, -0.2) is 13.2 Å². The maximum absolute atomic E-state index is 13.6. The van der Waals surface area contributed by atoms with Gasteiger partial charge in [0.25, 0.3) is 0 Å². The Hall–Kier alpha value is -1.52. The summed E-state index contributed by atoms with van der Waals surface area (Å²) in [5.74, 6) is -3.97. The summed E-state index contributed by atoms with van der Waals surface area (Å²) in [5.41, 5.74) is -0.294. The number of carbonyl (C=O) groups is 1.